The van der Waals surface area contributed by atoms with Gasteiger partial charge in [-0.1, -0.05) is 17.4 Å². The SMILES string of the molecule is CS(=O)(=O)NCc1sc(Nc2cccc(C(F)(F)F)c2)nc1-c1cccnc1. The second kappa shape index (κ2) is 7.86. The third kappa shape index (κ3) is 5.27. The van der Waals surface area contributed by atoms with Crippen molar-refractivity contribution in [3.05, 3.63) is 59.2 Å². The van der Waals surface area contributed by atoms with Crippen molar-refractivity contribution in [3.63, 3.8) is 0 Å². The maximum absolute atomic E-state index is 12.9. The Morgan fingerprint density at radius 3 is 2.61 bits per heavy atom. The zero-order chi connectivity index (χ0) is 20.4. The summed E-state index contributed by atoms with van der Waals surface area (Å²) in [6.07, 6.45) is -0.245. The van der Waals surface area contributed by atoms with Gasteiger partial charge in [-0.25, -0.2) is 18.1 Å². The first-order chi connectivity index (χ1) is 13.1. The standard InChI is InChI=1S/C17H15F3N4O2S2/c1-28(25,26)22-10-14-15(11-4-3-7-21-9-11)24-16(27-14)23-13-6-2-5-12(8-13)17(18,19)20/h2-9,22H,10H2,1H3,(H,23,24). The number of sulfonamides is 1. The van der Waals surface area contributed by atoms with Crippen molar-refractivity contribution in [3.8, 4) is 11.3 Å². The molecule has 2 aromatic heterocycles. The summed E-state index contributed by atoms with van der Waals surface area (Å²) in [6, 6.07) is 8.24. The van der Waals surface area contributed by atoms with Crippen molar-refractivity contribution in [1.29, 1.82) is 0 Å². The Kier molecular flexibility index (Phi) is 5.68. The van der Waals surface area contributed by atoms with Crippen molar-refractivity contribution in [2.75, 3.05) is 11.6 Å². The van der Waals surface area contributed by atoms with Crippen molar-refractivity contribution < 1.29 is 21.6 Å². The molecule has 28 heavy (non-hydrogen) atoms. The van der Waals surface area contributed by atoms with Gasteiger partial charge in [-0.05, 0) is 30.3 Å². The highest BCUT2D eigenvalue weighted by molar-refractivity contribution is 7.88. The normalized spacial score (nSPS) is 12.1. The highest BCUT2D eigenvalue weighted by Gasteiger charge is 2.30. The predicted octanol–water partition coefficient (Wildman–Crippen LogP) is 4.02. The first-order valence-electron chi connectivity index (χ1n) is 7.91. The quantitative estimate of drug-likeness (QED) is 0.620. The molecule has 3 rings (SSSR count). The van der Waals surface area contributed by atoms with Crippen molar-refractivity contribution in [2.45, 2.75) is 12.7 Å². The van der Waals surface area contributed by atoms with Gasteiger partial charge in [-0.2, -0.15) is 13.2 Å². The fourth-order valence-corrected chi connectivity index (χ4v) is 3.79. The first-order valence-corrected chi connectivity index (χ1v) is 10.6. The molecule has 0 bridgehead atoms. The van der Waals surface area contributed by atoms with Gasteiger partial charge in [0, 0.05) is 35.1 Å². The number of halogens is 3. The van der Waals surface area contributed by atoms with Crippen LogP contribution >= 0.6 is 11.3 Å². The molecule has 2 heterocycles. The number of anilines is 2. The highest BCUT2D eigenvalue weighted by Crippen LogP contribution is 2.34. The molecule has 0 aliphatic carbocycles. The third-order valence-electron chi connectivity index (χ3n) is 3.57. The van der Waals surface area contributed by atoms with Crippen LogP contribution in [0.5, 0.6) is 0 Å². The van der Waals surface area contributed by atoms with E-state index in [-0.39, 0.29) is 12.2 Å². The summed E-state index contributed by atoms with van der Waals surface area (Å²) in [6.45, 7) is 0.00496. The number of thiazole rings is 1. The molecule has 11 heteroatoms. The molecule has 0 amide bonds. The zero-order valence-corrected chi connectivity index (χ0v) is 16.1. The second-order valence-electron chi connectivity index (χ2n) is 5.83. The number of alkyl halides is 3. The van der Waals surface area contributed by atoms with Gasteiger partial charge in [0.05, 0.1) is 17.5 Å². The van der Waals surface area contributed by atoms with Gasteiger partial charge in [-0.3, -0.25) is 4.98 Å². The molecule has 0 radical (unpaired) electrons. The summed E-state index contributed by atoms with van der Waals surface area (Å²) < 4.78 is 63.9. The van der Waals surface area contributed by atoms with Gasteiger partial charge in [0.2, 0.25) is 10.0 Å². The lowest BCUT2D eigenvalue weighted by Gasteiger charge is -2.08. The molecule has 2 N–H and O–H groups in total. The summed E-state index contributed by atoms with van der Waals surface area (Å²) in [4.78, 5) is 9.05. The number of pyridine rings is 1. The lowest BCUT2D eigenvalue weighted by atomic mass is 10.2. The van der Waals surface area contributed by atoms with Crippen LogP contribution in [0.3, 0.4) is 0 Å². The van der Waals surface area contributed by atoms with Gasteiger partial charge in [0.15, 0.2) is 5.13 Å². The van der Waals surface area contributed by atoms with Crippen LogP contribution in [-0.4, -0.2) is 24.6 Å². The van der Waals surface area contributed by atoms with E-state index < -0.39 is 21.8 Å². The van der Waals surface area contributed by atoms with Crippen LogP contribution in [-0.2, 0) is 22.7 Å². The molecular weight excluding hydrogens is 413 g/mol. The Hall–Kier alpha value is -2.50. The number of nitrogens with one attached hydrogen (secondary N) is 2. The number of aromatic nitrogens is 2. The summed E-state index contributed by atoms with van der Waals surface area (Å²) in [5.74, 6) is 0. The Morgan fingerprint density at radius 1 is 1.18 bits per heavy atom. The second-order valence-corrected chi connectivity index (χ2v) is 8.75. The van der Waals surface area contributed by atoms with E-state index in [1.165, 1.54) is 12.1 Å². The van der Waals surface area contributed by atoms with E-state index in [0.717, 1.165) is 29.7 Å². The molecule has 0 saturated carbocycles. The number of nitrogens with zero attached hydrogens (tertiary/aromatic N) is 2. The lowest BCUT2D eigenvalue weighted by Crippen LogP contribution is -2.20. The molecule has 0 spiro atoms. The maximum Gasteiger partial charge on any atom is 0.416 e. The molecule has 3 aromatic rings. The van der Waals surface area contributed by atoms with E-state index in [2.05, 4.69) is 20.0 Å². The van der Waals surface area contributed by atoms with Gasteiger partial charge >= 0.3 is 6.18 Å². The van der Waals surface area contributed by atoms with Crippen LogP contribution in [0.1, 0.15) is 10.4 Å². The molecular formula is C17H15F3N4O2S2. The Labute approximate surface area is 163 Å². The fourth-order valence-electron chi connectivity index (χ4n) is 2.35. The molecule has 0 unspecified atom stereocenters. The summed E-state index contributed by atoms with van der Waals surface area (Å²) in [5, 5.41) is 3.19. The summed E-state index contributed by atoms with van der Waals surface area (Å²) in [5.41, 5.74) is 0.620. The van der Waals surface area contributed by atoms with Gasteiger partial charge in [-0.15, -0.1) is 0 Å². The zero-order valence-electron chi connectivity index (χ0n) is 14.5. The number of benzene rings is 1. The van der Waals surface area contributed by atoms with E-state index in [1.807, 2.05) is 0 Å². The largest absolute Gasteiger partial charge is 0.416 e. The van der Waals surface area contributed by atoms with Crippen LogP contribution in [0.15, 0.2) is 48.8 Å². The topological polar surface area (TPSA) is 84.0 Å². The number of rotatable bonds is 6. The highest BCUT2D eigenvalue weighted by atomic mass is 32.2. The molecule has 148 valence electrons. The van der Waals surface area contributed by atoms with Crippen LogP contribution < -0.4 is 10.0 Å². The van der Waals surface area contributed by atoms with Crippen LogP contribution in [0.2, 0.25) is 0 Å². The minimum atomic E-state index is -4.45. The van der Waals surface area contributed by atoms with Crippen LogP contribution in [0.4, 0.5) is 24.0 Å². The number of hydrogen-bond donors (Lipinski definition) is 2. The summed E-state index contributed by atoms with van der Waals surface area (Å²) >= 11 is 1.15. The minimum absolute atomic E-state index is 0.00496. The number of hydrogen-bond acceptors (Lipinski definition) is 6. The smallest absolute Gasteiger partial charge is 0.332 e. The lowest BCUT2D eigenvalue weighted by molar-refractivity contribution is -0.137. The van der Waals surface area contributed by atoms with Gasteiger partial charge in [0.25, 0.3) is 0 Å². The molecule has 0 aliphatic rings. The van der Waals surface area contributed by atoms with Gasteiger partial charge in [0.1, 0.15) is 0 Å². The minimum Gasteiger partial charge on any atom is -0.332 e. The molecule has 1 aromatic carbocycles. The van der Waals surface area contributed by atoms with Crippen LogP contribution in [0, 0.1) is 0 Å². The molecule has 0 fully saturated rings. The van der Waals surface area contributed by atoms with Crippen molar-refractivity contribution >= 4 is 32.2 Å². The Balaban J connectivity index is 1.93. The molecule has 0 atom stereocenters. The maximum atomic E-state index is 12.9. The van der Waals surface area contributed by atoms with E-state index in [4.69, 9.17) is 0 Å². The van der Waals surface area contributed by atoms with Crippen LogP contribution in [0.25, 0.3) is 11.3 Å². The Morgan fingerprint density at radius 2 is 1.96 bits per heavy atom. The summed E-state index contributed by atoms with van der Waals surface area (Å²) in [7, 11) is -3.43. The average Bonchev–Trinajstić information content (AvgIpc) is 3.02. The van der Waals surface area contributed by atoms with E-state index in [9.17, 15) is 21.6 Å². The molecule has 6 nitrogen and oxygen atoms in total. The predicted molar refractivity (Wildman–Crippen MR) is 102 cm³/mol. The Bertz CT molecular complexity index is 1070. The van der Waals surface area contributed by atoms with Crippen molar-refractivity contribution in [1.82, 2.24) is 14.7 Å². The first kappa shape index (κ1) is 20.2. The fraction of sp³-hybridized carbons (Fsp3) is 0.176. The molecule has 0 saturated heterocycles. The van der Waals surface area contributed by atoms with Gasteiger partial charge < -0.3 is 5.32 Å². The van der Waals surface area contributed by atoms with E-state index >= 15 is 0 Å². The van der Waals surface area contributed by atoms with E-state index in [1.54, 1.807) is 24.5 Å². The average molecular weight is 428 g/mol. The van der Waals surface area contributed by atoms with E-state index in [0.29, 0.717) is 21.3 Å². The van der Waals surface area contributed by atoms with Crippen molar-refractivity contribution in [2.24, 2.45) is 0 Å². The molecule has 0 aliphatic heterocycles. The monoisotopic (exact) mass is 428 g/mol. The third-order valence-corrected chi connectivity index (χ3v) is 5.21.